The fourth-order valence-corrected chi connectivity index (χ4v) is 4.08. The molecule has 34 heavy (non-hydrogen) atoms. The molecule has 4 aromatic carbocycles. The largest absolute Gasteiger partial charge is 0.418 e. The first-order valence-electron chi connectivity index (χ1n) is 10.2. The molecule has 0 fully saturated rings. The number of alkyl halides is 6. The molecule has 5 rings (SSSR count). The van der Waals surface area contributed by atoms with E-state index in [9.17, 15) is 26.3 Å². The van der Waals surface area contributed by atoms with Crippen LogP contribution in [0, 0.1) is 0 Å². The van der Waals surface area contributed by atoms with Gasteiger partial charge in [-0.2, -0.15) is 26.3 Å². The number of hydrogen-bond acceptors (Lipinski definition) is 2. The Kier molecular flexibility index (Phi) is 5.04. The van der Waals surface area contributed by atoms with E-state index < -0.39 is 23.5 Å². The predicted molar refractivity (Wildman–Crippen MR) is 119 cm³/mol. The van der Waals surface area contributed by atoms with Crippen LogP contribution in [0.3, 0.4) is 0 Å². The van der Waals surface area contributed by atoms with Gasteiger partial charge >= 0.3 is 12.4 Å². The molecule has 4 aromatic rings. The van der Waals surface area contributed by atoms with Gasteiger partial charge in [-0.05, 0) is 29.7 Å². The van der Waals surface area contributed by atoms with Crippen LogP contribution < -0.4 is 0 Å². The third-order valence-electron chi connectivity index (χ3n) is 5.52. The van der Waals surface area contributed by atoms with E-state index in [0.29, 0.717) is 16.5 Å². The van der Waals surface area contributed by atoms with Gasteiger partial charge in [0.15, 0.2) is 0 Å². The minimum Gasteiger partial charge on any atom is -0.245 e. The summed E-state index contributed by atoms with van der Waals surface area (Å²) in [4.78, 5) is 8.64. The summed E-state index contributed by atoms with van der Waals surface area (Å²) in [5.74, 6) is 0. The van der Waals surface area contributed by atoms with Crippen LogP contribution in [-0.2, 0) is 12.4 Å². The number of nitrogens with zero attached hydrogens (tertiary/aromatic N) is 2. The summed E-state index contributed by atoms with van der Waals surface area (Å²) in [6.45, 7) is 0. The molecule has 0 amide bonds. The summed E-state index contributed by atoms with van der Waals surface area (Å²) in [5.41, 5.74) is -1.39. The van der Waals surface area contributed by atoms with E-state index in [2.05, 4.69) is 9.98 Å². The highest BCUT2D eigenvalue weighted by Crippen LogP contribution is 2.40. The summed E-state index contributed by atoms with van der Waals surface area (Å²) in [6.07, 6.45) is -9.31. The van der Waals surface area contributed by atoms with E-state index in [1.165, 1.54) is 36.4 Å². The van der Waals surface area contributed by atoms with Crippen LogP contribution in [0.4, 0.5) is 37.7 Å². The molecule has 1 aliphatic rings. The number of aliphatic imine (C=N–C) groups is 2. The topological polar surface area (TPSA) is 24.7 Å². The first-order chi connectivity index (χ1) is 16.1. The lowest BCUT2D eigenvalue weighted by molar-refractivity contribution is -0.137. The molecule has 8 heteroatoms. The Labute approximate surface area is 189 Å². The fraction of sp³-hybridized carbons (Fsp3) is 0.0769. The summed E-state index contributed by atoms with van der Waals surface area (Å²) in [5, 5.41) is 1.46. The van der Waals surface area contributed by atoms with Crippen molar-refractivity contribution in [1.82, 2.24) is 0 Å². The molecule has 0 aliphatic heterocycles. The summed E-state index contributed by atoms with van der Waals surface area (Å²) < 4.78 is 81.7. The second-order valence-corrected chi connectivity index (χ2v) is 7.66. The summed E-state index contributed by atoms with van der Waals surface area (Å²) in [6, 6.07) is 20.1. The standard InChI is InChI=1S/C26H14F6N2/c27-25(28,29)18-11-1-3-13-20(18)33-23-16-9-5-7-15-8-6-10-17(22(15)16)24(23)34-21-14-4-2-12-19(21)26(30,31)32/h1-14H. The zero-order valence-corrected chi connectivity index (χ0v) is 17.2. The van der Waals surface area contributed by atoms with Crippen LogP contribution in [0.1, 0.15) is 22.3 Å². The number of hydrogen-bond donors (Lipinski definition) is 0. The highest BCUT2D eigenvalue weighted by Gasteiger charge is 2.36. The van der Waals surface area contributed by atoms with Crippen molar-refractivity contribution >= 4 is 33.6 Å². The average molecular weight is 468 g/mol. The average Bonchev–Trinajstić information content (AvgIpc) is 3.08. The zero-order valence-electron chi connectivity index (χ0n) is 17.2. The van der Waals surface area contributed by atoms with Gasteiger partial charge in [-0.1, -0.05) is 60.7 Å². The van der Waals surface area contributed by atoms with Gasteiger partial charge in [0.25, 0.3) is 0 Å². The van der Waals surface area contributed by atoms with Gasteiger partial charge in [0.2, 0.25) is 0 Å². The lowest BCUT2D eigenvalue weighted by Crippen LogP contribution is -2.12. The Hall–Kier alpha value is -3.94. The molecular formula is C26H14F6N2. The first-order valence-corrected chi connectivity index (χ1v) is 10.2. The van der Waals surface area contributed by atoms with Crippen molar-refractivity contribution in [2.24, 2.45) is 9.98 Å². The number of benzene rings is 4. The maximum absolute atomic E-state index is 13.6. The minimum absolute atomic E-state index is 0.0838. The normalized spacial score (nSPS) is 16.1. The molecule has 0 saturated heterocycles. The Balaban J connectivity index is 1.81. The molecule has 0 atom stereocenters. The number of para-hydroxylation sites is 2. The summed E-state index contributed by atoms with van der Waals surface area (Å²) >= 11 is 0. The predicted octanol–water partition coefficient (Wildman–Crippen LogP) is 8.13. The second-order valence-electron chi connectivity index (χ2n) is 7.66. The maximum atomic E-state index is 13.6. The van der Waals surface area contributed by atoms with Gasteiger partial charge < -0.3 is 0 Å². The molecule has 0 spiro atoms. The molecule has 0 saturated carbocycles. The van der Waals surface area contributed by atoms with E-state index in [-0.39, 0.29) is 22.8 Å². The molecule has 0 radical (unpaired) electrons. The van der Waals surface area contributed by atoms with Crippen LogP contribution in [0.5, 0.6) is 0 Å². The van der Waals surface area contributed by atoms with E-state index in [1.54, 1.807) is 24.3 Å². The Morgan fingerprint density at radius 2 is 0.882 bits per heavy atom. The number of halogens is 6. The van der Waals surface area contributed by atoms with Crippen LogP contribution in [0.2, 0.25) is 0 Å². The van der Waals surface area contributed by atoms with Crippen LogP contribution in [0.15, 0.2) is 94.9 Å². The molecule has 0 N–H and O–H groups in total. The van der Waals surface area contributed by atoms with E-state index in [0.717, 1.165) is 17.5 Å². The van der Waals surface area contributed by atoms with E-state index >= 15 is 0 Å². The molecule has 0 aromatic heterocycles. The van der Waals surface area contributed by atoms with E-state index in [1.807, 2.05) is 12.1 Å². The zero-order chi connectivity index (χ0) is 24.1. The van der Waals surface area contributed by atoms with E-state index in [4.69, 9.17) is 0 Å². The third-order valence-corrected chi connectivity index (χ3v) is 5.52. The quantitative estimate of drug-likeness (QED) is 0.265. The molecule has 170 valence electrons. The minimum atomic E-state index is -4.65. The SMILES string of the molecule is FC(F)(F)c1ccccc1N=C1C(=Nc2ccccc2C(F)(F)F)c2cccc3cccc1c23. The smallest absolute Gasteiger partial charge is 0.245 e. The molecular weight excluding hydrogens is 454 g/mol. The second kappa shape index (κ2) is 7.83. The molecule has 0 bridgehead atoms. The van der Waals surface area contributed by atoms with Gasteiger partial charge in [0.1, 0.15) is 0 Å². The molecule has 2 nitrogen and oxygen atoms in total. The van der Waals surface area contributed by atoms with Crippen molar-refractivity contribution in [2.75, 3.05) is 0 Å². The van der Waals surface area contributed by atoms with Gasteiger partial charge in [-0.25, -0.2) is 9.98 Å². The Bertz CT molecular complexity index is 1370. The fourth-order valence-electron chi connectivity index (χ4n) is 4.08. The summed E-state index contributed by atoms with van der Waals surface area (Å²) in [7, 11) is 0. The lowest BCUT2D eigenvalue weighted by Gasteiger charge is -2.12. The molecule has 1 aliphatic carbocycles. The van der Waals surface area contributed by atoms with Crippen molar-refractivity contribution in [1.29, 1.82) is 0 Å². The van der Waals surface area contributed by atoms with Crippen LogP contribution in [-0.4, -0.2) is 11.4 Å². The van der Waals surface area contributed by atoms with Crippen molar-refractivity contribution in [2.45, 2.75) is 12.4 Å². The maximum Gasteiger partial charge on any atom is 0.418 e. The number of rotatable bonds is 2. The Morgan fingerprint density at radius 3 is 1.29 bits per heavy atom. The van der Waals surface area contributed by atoms with Gasteiger partial charge in [-0.15, -0.1) is 0 Å². The van der Waals surface area contributed by atoms with Gasteiger partial charge in [-0.3, -0.25) is 0 Å². The Morgan fingerprint density at radius 1 is 0.471 bits per heavy atom. The lowest BCUT2D eigenvalue weighted by atomic mass is 10.1. The molecule has 0 heterocycles. The van der Waals surface area contributed by atoms with Crippen LogP contribution in [0.25, 0.3) is 10.8 Å². The van der Waals surface area contributed by atoms with Gasteiger partial charge in [0, 0.05) is 16.5 Å². The van der Waals surface area contributed by atoms with Crippen molar-refractivity contribution in [3.8, 4) is 0 Å². The highest BCUT2D eigenvalue weighted by atomic mass is 19.4. The van der Waals surface area contributed by atoms with Gasteiger partial charge in [0.05, 0.1) is 33.9 Å². The van der Waals surface area contributed by atoms with Crippen molar-refractivity contribution in [3.05, 3.63) is 107 Å². The van der Waals surface area contributed by atoms with Crippen molar-refractivity contribution < 1.29 is 26.3 Å². The third kappa shape index (κ3) is 3.75. The monoisotopic (exact) mass is 468 g/mol. The first kappa shape index (κ1) is 21.9. The van der Waals surface area contributed by atoms with Crippen LogP contribution >= 0.6 is 0 Å². The molecule has 0 unspecified atom stereocenters. The highest BCUT2D eigenvalue weighted by molar-refractivity contribution is 6.61. The van der Waals surface area contributed by atoms with Crippen molar-refractivity contribution in [3.63, 3.8) is 0 Å².